The normalized spacial score (nSPS) is 10.4. The van der Waals surface area contributed by atoms with Gasteiger partial charge in [0.1, 0.15) is 0 Å². The minimum absolute atomic E-state index is 0.778. The van der Waals surface area contributed by atoms with Crippen molar-refractivity contribution in [3.05, 3.63) is 51.1 Å². The molecule has 0 spiro atoms. The average Bonchev–Trinajstić information content (AvgIpc) is 2.64. The third kappa shape index (κ3) is 2.27. The minimum atomic E-state index is 0.778. The Bertz CT molecular complexity index is 426. The molecule has 0 saturated carbocycles. The van der Waals surface area contributed by atoms with Crippen LogP contribution >= 0.6 is 34.2 Å². The molecule has 0 aliphatic rings. The zero-order chi connectivity index (χ0) is 9.97. The van der Waals surface area contributed by atoms with Gasteiger partial charge in [-0.1, -0.05) is 11.6 Å². The molecule has 0 aliphatic heterocycles. The number of aromatic nitrogens is 2. The lowest BCUT2D eigenvalue weighted by molar-refractivity contribution is 0.794. The van der Waals surface area contributed by atoms with Crippen molar-refractivity contribution in [3.8, 4) is 0 Å². The van der Waals surface area contributed by atoms with Crippen molar-refractivity contribution in [1.82, 2.24) is 9.55 Å². The highest BCUT2D eigenvalue weighted by atomic mass is 127. The first-order valence-electron chi connectivity index (χ1n) is 4.15. The first-order chi connectivity index (χ1) is 6.75. The fourth-order valence-corrected chi connectivity index (χ4v) is 1.94. The summed E-state index contributed by atoms with van der Waals surface area (Å²) in [5.41, 5.74) is 1.22. The number of nitrogens with zero attached hydrogens (tertiary/aromatic N) is 2. The Kier molecular flexibility index (Phi) is 3.08. The summed E-state index contributed by atoms with van der Waals surface area (Å²) >= 11 is 8.24. The van der Waals surface area contributed by atoms with Gasteiger partial charge in [0.15, 0.2) is 0 Å². The van der Waals surface area contributed by atoms with Gasteiger partial charge in [-0.05, 0) is 46.4 Å². The standard InChI is InChI=1S/C10H8ClIN2/c11-9-1-2-10(12)8(5-9)6-14-4-3-13-7-14/h1-5,7H,6H2. The van der Waals surface area contributed by atoms with E-state index < -0.39 is 0 Å². The number of hydrogen-bond donors (Lipinski definition) is 0. The number of benzene rings is 1. The van der Waals surface area contributed by atoms with Crippen LogP contribution in [0.15, 0.2) is 36.9 Å². The predicted octanol–water partition coefficient (Wildman–Crippen LogP) is 3.19. The summed E-state index contributed by atoms with van der Waals surface area (Å²) in [5, 5.41) is 0.778. The fraction of sp³-hybridized carbons (Fsp3) is 0.100. The third-order valence-electron chi connectivity index (χ3n) is 1.92. The lowest BCUT2D eigenvalue weighted by atomic mass is 10.2. The molecule has 14 heavy (non-hydrogen) atoms. The Labute approximate surface area is 101 Å². The van der Waals surface area contributed by atoms with Crippen LogP contribution < -0.4 is 0 Å². The molecule has 2 aromatic rings. The molecule has 0 saturated heterocycles. The van der Waals surface area contributed by atoms with E-state index in [1.807, 2.05) is 29.0 Å². The SMILES string of the molecule is Clc1ccc(I)c(Cn2ccnc2)c1. The van der Waals surface area contributed by atoms with Gasteiger partial charge in [0.2, 0.25) is 0 Å². The molecule has 0 atom stereocenters. The van der Waals surface area contributed by atoms with E-state index in [1.54, 1.807) is 12.5 Å². The molecule has 0 fully saturated rings. The van der Waals surface area contributed by atoms with Gasteiger partial charge in [-0.15, -0.1) is 0 Å². The maximum absolute atomic E-state index is 5.93. The van der Waals surface area contributed by atoms with Gasteiger partial charge < -0.3 is 4.57 Å². The smallest absolute Gasteiger partial charge is 0.0949 e. The molecule has 2 rings (SSSR count). The highest BCUT2D eigenvalue weighted by Gasteiger charge is 2.01. The molecule has 0 amide bonds. The Morgan fingerprint density at radius 2 is 2.29 bits per heavy atom. The van der Waals surface area contributed by atoms with Crippen LogP contribution in [-0.2, 0) is 6.54 Å². The molecule has 72 valence electrons. The lowest BCUT2D eigenvalue weighted by Crippen LogP contribution is -1.98. The van der Waals surface area contributed by atoms with Gasteiger partial charge in [-0.2, -0.15) is 0 Å². The van der Waals surface area contributed by atoms with Crippen molar-refractivity contribution in [3.63, 3.8) is 0 Å². The van der Waals surface area contributed by atoms with Crippen molar-refractivity contribution >= 4 is 34.2 Å². The first-order valence-corrected chi connectivity index (χ1v) is 5.61. The van der Waals surface area contributed by atoms with E-state index in [9.17, 15) is 0 Å². The molecule has 1 heterocycles. The van der Waals surface area contributed by atoms with E-state index in [0.717, 1.165) is 11.6 Å². The van der Waals surface area contributed by atoms with Crippen molar-refractivity contribution in [2.24, 2.45) is 0 Å². The molecule has 0 N–H and O–H groups in total. The summed E-state index contributed by atoms with van der Waals surface area (Å²) in [6.45, 7) is 0.818. The molecular weight excluding hydrogens is 310 g/mol. The average molecular weight is 319 g/mol. The van der Waals surface area contributed by atoms with E-state index in [1.165, 1.54) is 9.13 Å². The molecule has 2 nitrogen and oxygen atoms in total. The fourth-order valence-electron chi connectivity index (χ4n) is 1.24. The van der Waals surface area contributed by atoms with E-state index in [-0.39, 0.29) is 0 Å². The van der Waals surface area contributed by atoms with Gasteiger partial charge in [0, 0.05) is 27.5 Å². The van der Waals surface area contributed by atoms with Crippen LogP contribution in [0.4, 0.5) is 0 Å². The van der Waals surface area contributed by atoms with Crippen molar-refractivity contribution in [2.45, 2.75) is 6.54 Å². The van der Waals surface area contributed by atoms with Gasteiger partial charge in [0.05, 0.1) is 6.33 Å². The van der Waals surface area contributed by atoms with Crippen LogP contribution in [0.2, 0.25) is 5.02 Å². The van der Waals surface area contributed by atoms with Crippen molar-refractivity contribution < 1.29 is 0 Å². The number of hydrogen-bond acceptors (Lipinski definition) is 1. The van der Waals surface area contributed by atoms with Gasteiger partial charge in [-0.3, -0.25) is 0 Å². The largest absolute Gasteiger partial charge is 0.333 e. The van der Waals surface area contributed by atoms with Gasteiger partial charge in [-0.25, -0.2) is 4.98 Å². The van der Waals surface area contributed by atoms with Gasteiger partial charge in [0.25, 0.3) is 0 Å². The molecule has 1 aromatic carbocycles. The van der Waals surface area contributed by atoms with Crippen LogP contribution in [-0.4, -0.2) is 9.55 Å². The van der Waals surface area contributed by atoms with Crippen molar-refractivity contribution in [1.29, 1.82) is 0 Å². The molecule has 0 radical (unpaired) electrons. The summed E-state index contributed by atoms with van der Waals surface area (Å²) in [5.74, 6) is 0. The van der Waals surface area contributed by atoms with Crippen LogP contribution in [0.5, 0.6) is 0 Å². The summed E-state index contributed by atoms with van der Waals surface area (Å²) in [6.07, 6.45) is 5.52. The summed E-state index contributed by atoms with van der Waals surface area (Å²) in [6, 6.07) is 5.92. The molecule has 0 aliphatic carbocycles. The third-order valence-corrected chi connectivity index (χ3v) is 3.21. The van der Waals surface area contributed by atoms with Crippen LogP contribution in [0.3, 0.4) is 0 Å². The number of halogens is 2. The van der Waals surface area contributed by atoms with Crippen LogP contribution in [0.25, 0.3) is 0 Å². The zero-order valence-corrected chi connectivity index (χ0v) is 10.2. The summed E-state index contributed by atoms with van der Waals surface area (Å²) < 4.78 is 3.24. The number of rotatable bonds is 2. The van der Waals surface area contributed by atoms with E-state index in [0.29, 0.717) is 0 Å². The molecular formula is C10H8ClIN2. The lowest BCUT2D eigenvalue weighted by Gasteiger charge is -2.05. The Morgan fingerprint density at radius 1 is 1.43 bits per heavy atom. The molecule has 4 heteroatoms. The maximum atomic E-state index is 5.93. The second-order valence-corrected chi connectivity index (χ2v) is 4.57. The summed E-state index contributed by atoms with van der Waals surface area (Å²) in [4.78, 5) is 4.00. The molecule has 0 unspecified atom stereocenters. The quantitative estimate of drug-likeness (QED) is 0.778. The Hall–Kier alpha value is -0.550. The topological polar surface area (TPSA) is 17.8 Å². The maximum Gasteiger partial charge on any atom is 0.0949 e. The molecule has 1 aromatic heterocycles. The second-order valence-electron chi connectivity index (χ2n) is 2.97. The second kappa shape index (κ2) is 4.31. The highest BCUT2D eigenvalue weighted by molar-refractivity contribution is 14.1. The van der Waals surface area contributed by atoms with E-state index >= 15 is 0 Å². The zero-order valence-electron chi connectivity index (χ0n) is 7.32. The molecule has 0 bridgehead atoms. The van der Waals surface area contributed by atoms with Crippen molar-refractivity contribution in [2.75, 3.05) is 0 Å². The summed E-state index contributed by atoms with van der Waals surface area (Å²) in [7, 11) is 0. The Balaban J connectivity index is 2.28. The van der Waals surface area contributed by atoms with E-state index in [2.05, 4.69) is 27.6 Å². The predicted molar refractivity (Wildman–Crippen MR) is 65.5 cm³/mol. The first kappa shape index (κ1) is 9.98. The van der Waals surface area contributed by atoms with Crippen LogP contribution in [0, 0.1) is 3.57 Å². The van der Waals surface area contributed by atoms with Crippen LogP contribution in [0.1, 0.15) is 5.56 Å². The number of imidazole rings is 1. The van der Waals surface area contributed by atoms with Gasteiger partial charge >= 0.3 is 0 Å². The highest BCUT2D eigenvalue weighted by Crippen LogP contribution is 2.18. The van der Waals surface area contributed by atoms with E-state index in [4.69, 9.17) is 11.6 Å². The minimum Gasteiger partial charge on any atom is -0.333 e. The Morgan fingerprint density at radius 3 is 3.00 bits per heavy atom. The monoisotopic (exact) mass is 318 g/mol.